The number of thiophene rings is 1. The number of sulfonamides is 1. The fraction of sp³-hybridized carbons (Fsp3) is 0.130. The highest BCUT2D eigenvalue weighted by Crippen LogP contribution is 2.17. The van der Waals surface area contributed by atoms with Gasteiger partial charge in [-0.2, -0.15) is 0 Å². The lowest BCUT2D eigenvalue weighted by molar-refractivity contribution is 0.102. The summed E-state index contributed by atoms with van der Waals surface area (Å²) >= 11 is 1.46. The molecule has 2 N–H and O–H groups in total. The van der Waals surface area contributed by atoms with Gasteiger partial charge in [-0.05, 0) is 54.8 Å². The number of amides is 1. The normalized spacial score (nSPS) is 11.5. The van der Waals surface area contributed by atoms with Crippen molar-refractivity contribution in [1.29, 1.82) is 0 Å². The molecule has 0 aliphatic carbocycles. The average molecular weight is 483 g/mol. The largest absolute Gasteiger partial charge is 0.316 e. The lowest BCUT2D eigenvalue weighted by Gasteiger charge is -2.08. The Labute approximate surface area is 195 Å². The summed E-state index contributed by atoms with van der Waals surface area (Å²) in [7, 11) is -1.98. The lowest BCUT2D eigenvalue weighted by atomic mass is 10.2. The molecule has 0 fully saturated rings. The minimum absolute atomic E-state index is 0.0536. The predicted molar refractivity (Wildman–Crippen MR) is 128 cm³/mol. The molecule has 2 aromatic heterocycles. The summed E-state index contributed by atoms with van der Waals surface area (Å²) in [5, 5.41) is 4.55. The zero-order chi connectivity index (χ0) is 23.6. The number of carbonyl (C=O) groups is 1. The van der Waals surface area contributed by atoms with Crippen LogP contribution < -0.4 is 15.6 Å². The van der Waals surface area contributed by atoms with Crippen LogP contribution in [0.15, 0.2) is 81.8 Å². The van der Waals surface area contributed by atoms with Gasteiger partial charge in [-0.25, -0.2) is 17.8 Å². The molecule has 2 heterocycles. The average Bonchev–Trinajstić information content (AvgIpc) is 3.41. The van der Waals surface area contributed by atoms with Crippen LogP contribution in [-0.4, -0.2) is 23.7 Å². The third kappa shape index (κ3) is 4.68. The Hall–Kier alpha value is -3.47. The standard InChI is InChI=1S/C23H22N4O4S2/c1-16-21(23(29)27(26(16)2)18-7-4-3-5-8-18)25-22(28)17-10-12-20(13-11-17)33(30,31)24-15-19-9-6-14-32-19/h3-14,24H,15H2,1-2H3,(H,25,28). The van der Waals surface area contributed by atoms with Gasteiger partial charge in [0.05, 0.1) is 16.3 Å². The molecule has 0 saturated heterocycles. The van der Waals surface area contributed by atoms with E-state index in [1.165, 1.54) is 40.3 Å². The maximum atomic E-state index is 13.0. The van der Waals surface area contributed by atoms with E-state index >= 15 is 0 Å². The quantitative estimate of drug-likeness (QED) is 0.422. The van der Waals surface area contributed by atoms with Crippen molar-refractivity contribution in [3.05, 3.63) is 98.6 Å². The Kier molecular flexibility index (Phi) is 6.32. The van der Waals surface area contributed by atoms with Crippen LogP contribution in [0.1, 0.15) is 20.9 Å². The maximum absolute atomic E-state index is 13.0. The van der Waals surface area contributed by atoms with Crippen LogP contribution in [-0.2, 0) is 23.6 Å². The first-order valence-corrected chi connectivity index (χ1v) is 12.4. The van der Waals surface area contributed by atoms with Crippen molar-refractivity contribution in [2.24, 2.45) is 7.05 Å². The van der Waals surface area contributed by atoms with Gasteiger partial charge in [0, 0.05) is 24.0 Å². The van der Waals surface area contributed by atoms with E-state index in [2.05, 4.69) is 10.0 Å². The number of aromatic nitrogens is 2. The van der Waals surface area contributed by atoms with E-state index in [0.717, 1.165) is 4.88 Å². The second kappa shape index (κ2) is 9.18. The van der Waals surface area contributed by atoms with Crippen LogP contribution in [0.25, 0.3) is 5.69 Å². The van der Waals surface area contributed by atoms with Gasteiger partial charge in [0.25, 0.3) is 11.5 Å². The van der Waals surface area contributed by atoms with Crippen LogP contribution in [0.4, 0.5) is 5.69 Å². The van der Waals surface area contributed by atoms with Crippen molar-refractivity contribution in [1.82, 2.24) is 14.1 Å². The summed E-state index contributed by atoms with van der Waals surface area (Å²) < 4.78 is 30.7. The number of anilines is 1. The van der Waals surface area contributed by atoms with E-state index in [1.54, 1.807) is 30.8 Å². The molecular weight excluding hydrogens is 460 g/mol. The van der Waals surface area contributed by atoms with Crippen LogP contribution in [0.5, 0.6) is 0 Å². The lowest BCUT2D eigenvalue weighted by Crippen LogP contribution is -2.24. The van der Waals surface area contributed by atoms with Crippen molar-refractivity contribution in [3.63, 3.8) is 0 Å². The Bertz CT molecular complexity index is 1440. The van der Waals surface area contributed by atoms with Crippen LogP contribution in [0, 0.1) is 6.92 Å². The number of nitrogens with zero attached hydrogens (tertiary/aromatic N) is 2. The number of nitrogens with one attached hydrogen (secondary N) is 2. The first kappa shape index (κ1) is 22.7. The van der Waals surface area contributed by atoms with Crippen molar-refractivity contribution >= 4 is 33.0 Å². The minimum Gasteiger partial charge on any atom is -0.316 e. The summed E-state index contributed by atoms with van der Waals surface area (Å²) in [5.74, 6) is -0.503. The number of hydrogen-bond acceptors (Lipinski definition) is 5. The van der Waals surface area contributed by atoms with Crippen molar-refractivity contribution in [3.8, 4) is 5.69 Å². The summed E-state index contributed by atoms with van der Waals surface area (Å²) in [4.78, 5) is 26.7. The van der Waals surface area contributed by atoms with E-state index in [-0.39, 0.29) is 28.3 Å². The molecule has 1 amide bonds. The summed E-state index contributed by atoms with van der Waals surface area (Å²) in [5.41, 5.74) is 1.32. The van der Waals surface area contributed by atoms with Crippen LogP contribution in [0.2, 0.25) is 0 Å². The molecule has 0 spiro atoms. The van der Waals surface area contributed by atoms with Gasteiger partial charge >= 0.3 is 0 Å². The molecule has 0 bridgehead atoms. The second-order valence-electron chi connectivity index (χ2n) is 7.32. The minimum atomic E-state index is -3.72. The summed E-state index contributed by atoms with van der Waals surface area (Å²) in [6.07, 6.45) is 0. The van der Waals surface area contributed by atoms with E-state index < -0.39 is 15.9 Å². The number of para-hydroxylation sites is 1. The molecule has 0 aliphatic heterocycles. The Morgan fingerprint density at radius 3 is 2.33 bits per heavy atom. The molecule has 170 valence electrons. The summed E-state index contributed by atoms with van der Waals surface area (Å²) in [6.45, 7) is 1.94. The van der Waals surface area contributed by atoms with Gasteiger partial charge in [-0.15, -0.1) is 11.3 Å². The maximum Gasteiger partial charge on any atom is 0.295 e. The predicted octanol–water partition coefficient (Wildman–Crippen LogP) is 3.28. The van der Waals surface area contributed by atoms with E-state index in [1.807, 2.05) is 35.7 Å². The molecule has 0 radical (unpaired) electrons. The van der Waals surface area contributed by atoms with Crippen molar-refractivity contribution in [2.45, 2.75) is 18.4 Å². The Balaban J connectivity index is 1.52. The molecule has 4 rings (SSSR count). The molecule has 8 nitrogen and oxygen atoms in total. The van der Waals surface area contributed by atoms with Gasteiger partial charge in [-0.3, -0.25) is 14.3 Å². The fourth-order valence-corrected chi connectivity index (χ4v) is 5.09. The molecule has 0 atom stereocenters. The van der Waals surface area contributed by atoms with E-state index in [9.17, 15) is 18.0 Å². The molecule has 0 unspecified atom stereocenters. The number of hydrogen-bond donors (Lipinski definition) is 2. The number of carbonyl (C=O) groups excluding carboxylic acids is 1. The first-order chi connectivity index (χ1) is 15.8. The summed E-state index contributed by atoms with van der Waals surface area (Å²) in [6, 6.07) is 18.4. The fourth-order valence-electron chi connectivity index (χ4n) is 3.35. The molecule has 33 heavy (non-hydrogen) atoms. The molecule has 4 aromatic rings. The second-order valence-corrected chi connectivity index (χ2v) is 10.1. The Morgan fingerprint density at radius 1 is 1.00 bits per heavy atom. The first-order valence-electron chi connectivity index (χ1n) is 10.1. The SMILES string of the molecule is Cc1c(NC(=O)c2ccc(S(=O)(=O)NCc3cccs3)cc2)c(=O)n(-c2ccccc2)n1C. The van der Waals surface area contributed by atoms with E-state index in [0.29, 0.717) is 11.4 Å². The van der Waals surface area contributed by atoms with Gasteiger partial charge in [0.1, 0.15) is 5.69 Å². The van der Waals surface area contributed by atoms with Gasteiger partial charge in [-0.1, -0.05) is 24.3 Å². The van der Waals surface area contributed by atoms with Crippen molar-refractivity contribution < 1.29 is 13.2 Å². The van der Waals surface area contributed by atoms with Crippen LogP contribution in [0.3, 0.4) is 0 Å². The molecule has 2 aromatic carbocycles. The van der Waals surface area contributed by atoms with Crippen LogP contribution >= 0.6 is 11.3 Å². The highest BCUT2D eigenvalue weighted by Gasteiger charge is 2.20. The molecule has 0 saturated carbocycles. The number of benzene rings is 2. The van der Waals surface area contributed by atoms with Gasteiger partial charge in [0.2, 0.25) is 10.0 Å². The third-order valence-corrected chi connectivity index (χ3v) is 7.53. The third-order valence-electron chi connectivity index (χ3n) is 5.24. The zero-order valence-corrected chi connectivity index (χ0v) is 19.6. The Morgan fingerprint density at radius 2 is 1.70 bits per heavy atom. The highest BCUT2D eigenvalue weighted by molar-refractivity contribution is 7.89. The van der Waals surface area contributed by atoms with Gasteiger partial charge in [0.15, 0.2) is 0 Å². The van der Waals surface area contributed by atoms with Crippen molar-refractivity contribution in [2.75, 3.05) is 5.32 Å². The highest BCUT2D eigenvalue weighted by atomic mass is 32.2. The molecule has 10 heteroatoms. The number of rotatable bonds is 7. The zero-order valence-electron chi connectivity index (χ0n) is 18.0. The molecule has 0 aliphatic rings. The molecular formula is C23H22N4O4S2. The monoisotopic (exact) mass is 482 g/mol. The smallest absolute Gasteiger partial charge is 0.295 e. The van der Waals surface area contributed by atoms with Gasteiger partial charge < -0.3 is 5.32 Å². The van der Waals surface area contributed by atoms with E-state index in [4.69, 9.17) is 0 Å². The topological polar surface area (TPSA) is 102 Å².